The molecule has 0 aromatic carbocycles. The van der Waals surface area contributed by atoms with Crippen molar-refractivity contribution < 1.29 is 9.59 Å². The summed E-state index contributed by atoms with van der Waals surface area (Å²) < 4.78 is 0. The number of carbonyl (C=O) groups excluding carboxylic acids is 2. The number of hydrogen-bond donors (Lipinski definition) is 0. The predicted molar refractivity (Wildman–Crippen MR) is 84.8 cm³/mol. The number of rotatable bonds is 7. The summed E-state index contributed by atoms with van der Waals surface area (Å²) in [6.45, 7) is 10.4. The van der Waals surface area contributed by atoms with Gasteiger partial charge in [-0.15, -0.1) is 13.2 Å². The van der Waals surface area contributed by atoms with Gasteiger partial charge in [-0.3, -0.25) is 14.5 Å². The van der Waals surface area contributed by atoms with Gasteiger partial charge in [0.2, 0.25) is 11.8 Å². The minimum Gasteiger partial charge on any atom is -0.349 e. The average molecular weight is 293 g/mol. The summed E-state index contributed by atoms with van der Waals surface area (Å²) in [5.41, 5.74) is 0. The Labute approximate surface area is 127 Å². The van der Waals surface area contributed by atoms with Crippen molar-refractivity contribution in [3.05, 3.63) is 25.3 Å². The van der Waals surface area contributed by atoms with E-state index in [1.807, 2.05) is 0 Å². The SMILES string of the molecule is C=CCN(CC=C)C(=O)CN1CCC(C(=O)N(C)C)CC1. The van der Waals surface area contributed by atoms with E-state index in [-0.39, 0.29) is 17.7 Å². The molecule has 1 fully saturated rings. The van der Waals surface area contributed by atoms with Gasteiger partial charge in [-0.05, 0) is 25.9 Å². The first-order chi connectivity index (χ1) is 9.99. The van der Waals surface area contributed by atoms with Crippen LogP contribution in [-0.4, -0.2) is 73.3 Å². The van der Waals surface area contributed by atoms with Crippen molar-refractivity contribution >= 4 is 11.8 Å². The van der Waals surface area contributed by atoms with E-state index >= 15 is 0 Å². The van der Waals surface area contributed by atoms with Gasteiger partial charge in [0.1, 0.15) is 0 Å². The van der Waals surface area contributed by atoms with Gasteiger partial charge in [-0.2, -0.15) is 0 Å². The quantitative estimate of drug-likeness (QED) is 0.658. The molecular weight excluding hydrogens is 266 g/mol. The zero-order valence-electron chi connectivity index (χ0n) is 13.3. The minimum absolute atomic E-state index is 0.0900. The van der Waals surface area contributed by atoms with E-state index in [2.05, 4.69) is 18.1 Å². The molecule has 2 amide bonds. The molecule has 0 atom stereocenters. The molecule has 0 aromatic rings. The highest BCUT2D eigenvalue weighted by Gasteiger charge is 2.27. The number of piperidine rings is 1. The van der Waals surface area contributed by atoms with Crippen LogP contribution in [0.4, 0.5) is 0 Å². The van der Waals surface area contributed by atoms with Gasteiger partial charge in [0.05, 0.1) is 6.54 Å². The molecule has 1 aliphatic rings. The lowest BCUT2D eigenvalue weighted by Gasteiger charge is -2.33. The molecular formula is C16H27N3O2. The summed E-state index contributed by atoms with van der Waals surface area (Å²) in [7, 11) is 3.58. The van der Waals surface area contributed by atoms with Gasteiger partial charge >= 0.3 is 0 Å². The van der Waals surface area contributed by atoms with Crippen LogP contribution in [0.15, 0.2) is 25.3 Å². The normalized spacial score (nSPS) is 16.3. The van der Waals surface area contributed by atoms with Crippen LogP contribution in [-0.2, 0) is 9.59 Å². The molecule has 0 unspecified atom stereocenters. The summed E-state index contributed by atoms with van der Waals surface area (Å²) in [5, 5.41) is 0. The van der Waals surface area contributed by atoms with Crippen LogP contribution in [0.3, 0.4) is 0 Å². The van der Waals surface area contributed by atoms with Crippen molar-refractivity contribution in [1.29, 1.82) is 0 Å². The van der Waals surface area contributed by atoms with Gasteiger partial charge in [-0.25, -0.2) is 0 Å². The molecule has 5 nitrogen and oxygen atoms in total. The number of nitrogens with zero attached hydrogens (tertiary/aromatic N) is 3. The van der Waals surface area contributed by atoms with Crippen molar-refractivity contribution in [3.63, 3.8) is 0 Å². The van der Waals surface area contributed by atoms with Crippen molar-refractivity contribution in [2.75, 3.05) is 46.8 Å². The molecule has 1 heterocycles. The second kappa shape index (κ2) is 8.62. The Morgan fingerprint density at radius 3 is 2.10 bits per heavy atom. The molecule has 0 aliphatic carbocycles. The molecule has 1 saturated heterocycles. The predicted octanol–water partition coefficient (Wildman–Crippen LogP) is 0.987. The fourth-order valence-corrected chi connectivity index (χ4v) is 2.58. The smallest absolute Gasteiger partial charge is 0.237 e. The van der Waals surface area contributed by atoms with E-state index in [4.69, 9.17) is 0 Å². The lowest BCUT2D eigenvalue weighted by atomic mass is 9.95. The monoisotopic (exact) mass is 293 g/mol. The van der Waals surface area contributed by atoms with Crippen LogP contribution in [0.25, 0.3) is 0 Å². The van der Waals surface area contributed by atoms with Crippen LogP contribution in [0.1, 0.15) is 12.8 Å². The topological polar surface area (TPSA) is 43.9 Å². The first-order valence-corrected chi connectivity index (χ1v) is 7.42. The van der Waals surface area contributed by atoms with Gasteiger partial charge in [0.25, 0.3) is 0 Å². The summed E-state index contributed by atoms with van der Waals surface area (Å²) in [6, 6.07) is 0. The summed E-state index contributed by atoms with van der Waals surface area (Å²) >= 11 is 0. The molecule has 0 spiro atoms. The fraction of sp³-hybridized carbons (Fsp3) is 0.625. The molecule has 0 bridgehead atoms. The molecule has 21 heavy (non-hydrogen) atoms. The summed E-state index contributed by atoms with van der Waals surface area (Å²) in [4.78, 5) is 29.7. The molecule has 5 heteroatoms. The first kappa shape index (κ1) is 17.4. The Morgan fingerprint density at radius 2 is 1.67 bits per heavy atom. The second-order valence-electron chi connectivity index (χ2n) is 5.66. The molecule has 0 N–H and O–H groups in total. The molecule has 1 aliphatic heterocycles. The third-order valence-electron chi connectivity index (χ3n) is 3.79. The van der Waals surface area contributed by atoms with Crippen molar-refractivity contribution in [2.45, 2.75) is 12.8 Å². The van der Waals surface area contributed by atoms with Crippen LogP contribution < -0.4 is 0 Å². The number of likely N-dealkylation sites (tertiary alicyclic amines) is 1. The molecule has 0 radical (unpaired) electrons. The second-order valence-corrected chi connectivity index (χ2v) is 5.66. The average Bonchev–Trinajstić information content (AvgIpc) is 2.47. The third kappa shape index (κ3) is 5.34. The zero-order valence-corrected chi connectivity index (χ0v) is 13.3. The van der Waals surface area contributed by atoms with E-state index < -0.39 is 0 Å². The molecule has 0 saturated carbocycles. The van der Waals surface area contributed by atoms with Crippen LogP contribution in [0.5, 0.6) is 0 Å². The minimum atomic E-state index is 0.0900. The fourth-order valence-electron chi connectivity index (χ4n) is 2.58. The van der Waals surface area contributed by atoms with E-state index in [9.17, 15) is 9.59 Å². The highest BCUT2D eigenvalue weighted by Crippen LogP contribution is 2.18. The van der Waals surface area contributed by atoms with Crippen molar-refractivity contribution in [2.24, 2.45) is 5.92 Å². The Morgan fingerprint density at radius 1 is 1.14 bits per heavy atom. The van der Waals surface area contributed by atoms with E-state index in [0.717, 1.165) is 25.9 Å². The largest absolute Gasteiger partial charge is 0.349 e. The zero-order chi connectivity index (χ0) is 15.8. The van der Waals surface area contributed by atoms with E-state index in [1.165, 1.54) is 0 Å². The van der Waals surface area contributed by atoms with Crippen molar-refractivity contribution in [1.82, 2.24) is 14.7 Å². The highest BCUT2D eigenvalue weighted by molar-refractivity contribution is 5.79. The van der Waals surface area contributed by atoms with E-state index in [0.29, 0.717) is 19.6 Å². The summed E-state index contributed by atoms with van der Waals surface area (Å²) in [6.07, 6.45) is 5.10. The number of amides is 2. The van der Waals surface area contributed by atoms with Gasteiger partial charge in [-0.1, -0.05) is 12.2 Å². The Balaban J connectivity index is 2.44. The van der Waals surface area contributed by atoms with Gasteiger partial charge < -0.3 is 9.80 Å². The Kier molecular flexibility index (Phi) is 7.15. The van der Waals surface area contributed by atoms with Crippen LogP contribution >= 0.6 is 0 Å². The molecule has 118 valence electrons. The van der Waals surface area contributed by atoms with Crippen LogP contribution in [0, 0.1) is 5.92 Å². The summed E-state index contributed by atoms with van der Waals surface area (Å²) in [5.74, 6) is 0.386. The Bertz CT molecular complexity index is 375. The van der Waals surface area contributed by atoms with Gasteiger partial charge in [0.15, 0.2) is 0 Å². The highest BCUT2D eigenvalue weighted by atomic mass is 16.2. The maximum Gasteiger partial charge on any atom is 0.237 e. The standard InChI is InChI=1S/C16H27N3O2/c1-5-9-19(10-6-2)15(20)13-18-11-7-14(8-12-18)16(21)17(3)4/h5-6,14H,1-2,7-13H2,3-4H3. The maximum absolute atomic E-state index is 12.2. The maximum atomic E-state index is 12.2. The molecule has 1 rings (SSSR count). The first-order valence-electron chi connectivity index (χ1n) is 7.42. The van der Waals surface area contributed by atoms with Gasteiger partial charge in [0, 0.05) is 33.1 Å². The lowest BCUT2D eigenvalue weighted by molar-refractivity contribution is -0.135. The Hall–Kier alpha value is -1.62. The number of carbonyl (C=O) groups is 2. The third-order valence-corrected chi connectivity index (χ3v) is 3.79. The molecule has 0 aromatic heterocycles. The van der Waals surface area contributed by atoms with Crippen LogP contribution in [0.2, 0.25) is 0 Å². The van der Waals surface area contributed by atoms with Crippen molar-refractivity contribution in [3.8, 4) is 0 Å². The lowest BCUT2D eigenvalue weighted by Crippen LogP contribution is -2.45. The van der Waals surface area contributed by atoms with E-state index in [1.54, 1.807) is 36.0 Å². The number of hydrogen-bond acceptors (Lipinski definition) is 3.